The van der Waals surface area contributed by atoms with Crippen molar-refractivity contribution in [2.75, 3.05) is 14.2 Å². The number of carbonyl (C=O) groups is 2. The van der Waals surface area contributed by atoms with E-state index in [2.05, 4.69) is 5.32 Å². The van der Waals surface area contributed by atoms with Crippen LogP contribution in [0.1, 0.15) is 37.2 Å². The fourth-order valence-corrected chi connectivity index (χ4v) is 3.28. The lowest BCUT2D eigenvalue weighted by atomic mass is 9.77. The van der Waals surface area contributed by atoms with Gasteiger partial charge in [-0.15, -0.1) is 0 Å². The van der Waals surface area contributed by atoms with Crippen LogP contribution in [0.3, 0.4) is 0 Å². The molecule has 1 amide bonds. The standard InChI is InChI=1S/C17H19NO4/c1-21-10-6-7-11(15(8-10)22-2)12-9-16(20)18-13-4-3-5-14(19)17(12)13/h6-8,12H,3-5,9H2,1-2H3,(H,18,20)/t12-/m0/s1. The van der Waals surface area contributed by atoms with Gasteiger partial charge in [0.05, 0.1) is 14.2 Å². The van der Waals surface area contributed by atoms with Gasteiger partial charge in [-0.3, -0.25) is 9.59 Å². The van der Waals surface area contributed by atoms with Crippen molar-refractivity contribution >= 4 is 11.7 Å². The number of hydrogen-bond donors (Lipinski definition) is 1. The van der Waals surface area contributed by atoms with Crippen LogP contribution >= 0.6 is 0 Å². The van der Waals surface area contributed by atoms with E-state index >= 15 is 0 Å². The predicted octanol–water partition coefficient (Wildman–Crippen LogP) is 2.31. The second-order valence-electron chi connectivity index (χ2n) is 5.58. The van der Waals surface area contributed by atoms with E-state index in [-0.39, 0.29) is 24.0 Å². The highest BCUT2D eigenvalue weighted by molar-refractivity contribution is 6.01. The summed E-state index contributed by atoms with van der Waals surface area (Å²) in [7, 11) is 3.17. The summed E-state index contributed by atoms with van der Waals surface area (Å²) in [4.78, 5) is 24.4. The summed E-state index contributed by atoms with van der Waals surface area (Å²) in [6, 6.07) is 5.50. The molecule has 0 aromatic heterocycles. The molecule has 1 aromatic rings. The van der Waals surface area contributed by atoms with E-state index in [1.165, 1.54) is 0 Å². The molecule has 0 spiro atoms. The first-order valence-electron chi connectivity index (χ1n) is 7.42. The second-order valence-corrected chi connectivity index (χ2v) is 5.58. The quantitative estimate of drug-likeness (QED) is 0.930. The monoisotopic (exact) mass is 301 g/mol. The Morgan fingerprint density at radius 2 is 1.95 bits per heavy atom. The highest BCUT2D eigenvalue weighted by Gasteiger charge is 2.36. The molecule has 0 fully saturated rings. The van der Waals surface area contributed by atoms with Crippen molar-refractivity contribution in [3.05, 3.63) is 35.0 Å². The maximum atomic E-state index is 12.4. The largest absolute Gasteiger partial charge is 0.497 e. The fourth-order valence-electron chi connectivity index (χ4n) is 3.28. The summed E-state index contributed by atoms with van der Waals surface area (Å²) in [6.45, 7) is 0. The molecule has 22 heavy (non-hydrogen) atoms. The molecule has 1 atom stereocenters. The Morgan fingerprint density at radius 1 is 1.14 bits per heavy atom. The Kier molecular flexibility index (Phi) is 3.88. The molecule has 0 bridgehead atoms. The molecule has 1 aliphatic carbocycles. The van der Waals surface area contributed by atoms with Gasteiger partial charge in [0.25, 0.3) is 0 Å². The SMILES string of the molecule is COc1ccc([C@@H]2CC(=O)NC3=C2C(=O)CCC3)c(OC)c1. The van der Waals surface area contributed by atoms with E-state index in [1.54, 1.807) is 20.3 Å². The number of hydrogen-bond acceptors (Lipinski definition) is 4. The van der Waals surface area contributed by atoms with Crippen molar-refractivity contribution in [3.63, 3.8) is 0 Å². The Morgan fingerprint density at radius 3 is 2.68 bits per heavy atom. The van der Waals surface area contributed by atoms with Crippen LogP contribution in [-0.4, -0.2) is 25.9 Å². The van der Waals surface area contributed by atoms with Crippen LogP contribution in [0.5, 0.6) is 11.5 Å². The zero-order valence-electron chi connectivity index (χ0n) is 12.8. The molecule has 116 valence electrons. The zero-order chi connectivity index (χ0) is 15.7. The Balaban J connectivity index is 2.09. The third kappa shape index (κ3) is 2.47. The number of allylic oxidation sites excluding steroid dienone is 2. The molecular weight excluding hydrogens is 282 g/mol. The Bertz CT molecular complexity index is 663. The maximum absolute atomic E-state index is 12.4. The van der Waals surface area contributed by atoms with Crippen LogP contribution < -0.4 is 14.8 Å². The van der Waals surface area contributed by atoms with Gasteiger partial charge >= 0.3 is 0 Å². The molecule has 5 heteroatoms. The van der Waals surface area contributed by atoms with Crippen LogP contribution in [0.15, 0.2) is 29.5 Å². The number of ether oxygens (including phenoxy) is 2. The Labute approximate surface area is 129 Å². The molecule has 0 saturated carbocycles. The van der Waals surface area contributed by atoms with Crippen LogP contribution in [0.4, 0.5) is 0 Å². The summed E-state index contributed by atoms with van der Waals surface area (Å²) in [5, 5.41) is 2.86. The molecule has 1 heterocycles. The van der Waals surface area contributed by atoms with Crippen molar-refractivity contribution in [2.24, 2.45) is 0 Å². The van der Waals surface area contributed by atoms with Crippen LogP contribution in [-0.2, 0) is 9.59 Å². The molecule has 0 saturated heterocycles. The normalized spacial score (nSPS) is 21.3. The molecule has 0 unspecified atom stereocenters. The lowest BCUT2D eigenvalue weighted by Gasteiger charge is -2.31. The number of Topliss-reactive ketones (excluding diaryl/α,β-unsaturated/α-hetero) is 1. The number of rotatable bonds is 3. The van der Waals surface area contributed by atoms with Crippen LogP contribution in [0.2, 0.25) is 0 Å². The van der Waals surface area contributed by atoms with Gasteiger partial charge in [-0.05, 0) is 18.9 Å². The van der Waals surface area contributed by atoms with Crippen molar-refractivity contribution in [1.82, 2.24) is 5.32 Å². The van der Waals surface area contributed by atoms with E-state index in [0.717, 1.165) is 29.7 Å². The zero-order valence-corrected chi connectivity index (χ0v) is 12.8. The average Bonchev–Trinajstić information content (AvgIpc) is 2.53. The first-order valence-corrected chi connectivity index (χ1v) is 7.42. The van der Waals surface area contributed by atoms with Gasteiger partial charge in [0.15, 0.2) is 5.78 Å². The average molecular weight is 301 g/mol. The molecule has 0 radical (unpaired) electrons. The minimum absolute atomic E-state index is 0.0451. The number of ketones is 1. The smallest absolute Gasteiger partial charge is 0.225 e. The van der Waals surface area contributed by atoms with Gasteiger partial charge in [0.1, 0.15) is 11.5 Å². The number of amides is 1. The van der Waals surface area contributed by atoms with Gasteiger partial charge in [-0.25, -0.2) is 0 Å². The molecule has 5 nitrogen and oxygen atoms in total. The van der Waals surface area contributed by atoms with E-state index < -0.39 is 0 Å². The van der Waals surface area contributed by atoms with E-state index in [1.807, 2.05) is 12.1 Å². The highest BCUT2D eigenvalue weighted by atomic mass is 16.5. The van der Waals surface area contributed by atoms with Gasteiger partial charge in [0, 0.05) is 41.7 Å². The van der Waals surface area contributed by atoms with Crippen molar-refractivity contribution in [2.45, 2.75) is 31.6 Å². The molecular formula is C17H19NO4. The van der Waals surface area contributed by atoms with Crippen molar-refractivity contribution < 1.29 is 19.1 Å². The van der Waals surface area contributed by atoms with Gasteiger partial charge in [0.2, 0.25) is 5.91 Å². The van der Waals surface area contributed by atoms with Crippen molar-refractivity contribution in [1.29, 1.82) is 0 Å². The summed E-state index contributed by atoms with van der Waals surface area (Å²) < 4.78 is 10.7. The fraction of sp³-hybridized carbons (Fsp3) is 0.412. The first-order chi connectivity index (χ1) is 10.6. The third-order valence-electron chi connectivity index (χ3n) is 4.30. The van der Waals surface area contributed by atoms with Gasteiger partial charge < -0.3 is 14.8 Å². The number of methoxy groups -OCH3 is 2. The molecule has 1 aromatic carbocycles. The number of carbonyl (C=O) groups excluding carboxylic acids is 2. The van der Waals surface area contributed by atoms with E-state index in [4.69, 9.17) is 9.47 Å². The van der Waals surface area contributed by atoms with E-state index in [9.17, 15) is 9.59 Å². The third-order valence-corrected chi connectivity index (χ3v) is 4.30. The van der Waals surface area contributed by atoms with Gasteiger partial charge in [-0.1, -0.05) is 6.07 Å². The lowest BCUT2D eigenvalue weighted by molar-refractivity contribution is -0.122. The predicted molar refractivity (Wildman–Crippen MR) is 80.9 cm³/mol. The molecule has 2 aliphatic rings. The summed E-state index contributed by atoms with van der Waals surface area (Å²) in [6.07, 6.45) is 2.36. The topological polar surface area (TPSA) is 64.6 Å². The Hall–Kier alpha value is -2.30. The summed E-state index contributed by atoms with van der Waals surface area (Å²) >= 11 is 0. The maximum Gasteiger partial charge on any atom is 0.225 e. The van der Waals surface area contributed by atoms with Gasteiger partial charge in [-0.2, -0.15) is 0 Å². The second kappa shape index (κ2) is 5.83. The lowest BCUT2D eigenvalue weighted by Crippen LogP contribution is -2.36. The van der Waals surface area contributed by atoms with E-state index in [0.29, 0.717) is 17.9 Å². The minimum atomic E-state index is -0.239. The molecule has 1 N–H and O–H groups in total. The number of nitrogens with one attached hydrogen (secondary N) is 1. The molecule has 3 rings (SSSR count). The van der Waals surface area contributed by atoms with Crippen molar-refractivity contribution in [3.8, 4) is 11.5 Å². The van der Waals surface area contributed by atoms with Crippen LogP contribution in [0.25, 0.3) is 0 Å². The van der Waals surface area contributed by atoms with Crippen LogP contribution in [0, 0.1) is 0 Å². The molecule has 1 aliphatic heterocycles. The highest BCUT2D eigenvalue weighted by Crippen LogP contribution is 2.42. The first kappa shape index (κ1) is 14.6. The summed E-state index contributed by atoms with van der Waals surface area (Å²) in [5.41, 5.74) is 2.39. The number of benzene rings is 1. The minimum Gasteiger partial charge on any atom is -0.497 e. The summed E-state index contributed by atoms with van der Waals surface area (Å²) in [5.74, 6) is 1.17.